The molecule has 0 fully saturated rings. The Morgan fingerprint density at radius 2 is 1.88 bits per heavy atom. The van der Waals surface area contributed by atoms with Crippen molar-refractivity contribution in [2.75, 3.05) is 20.8 Å². The van der Waals surface area contributed by atoms with Crippen molar-refractivity contribution in [3.05, 3.63) is 64.8 Å². The van der Waals surface area contributed by atoms with Crippen LogP contribution in [0.2, 0.25) is 0 Å². The van der Waals surface area contributed by atoms with Gasteiger partial charge in [-0.15, -0.1) is 0 Å². The topological polar surface area (TPSA) is 65.6 Å². The summed E-state index contributed by atoms with van der Waals surface area (Å²) < 4.78 is 5.17. The van der Waals surface area contributed by atoms with Crippen LogP contribution in [0.25, 0.3) is 10.9 Å². The molecule has 2 aromatic carbocycles. The lowest BCUT2D eigenvalue weighted by atomic mass is 10.0. The quantitative estimate of drug-likeness (QED) is 0.737. The third-order valence-electron chi connectivity index (χ3n) is 4.98. The van der Waals surface area contributed by atoms with Crippen LogP contribution in [0.5, 0.6) is 5.75 Å². The second kappa shape index (κ2) is 7.22. The number of para-hydroxylation sites is 1. The highest BCUT2D eigenvalue weighted by molar-refractivity contribution is 6.01. The fourth-order valence-electron chi connectivity index (χ4n) is 3.31. The van der Waals surface area contributed by atoms with Gasteiger partial charge in [-0.1, -0.05) is 30.3 Å². The summed E-state index contributed by atoms with van der Waals surface area (Å²) in [4.78, 5) is 17.9. The number of aliphatic hydroxyl groups is 1. The Kier molecular flexibility index (Phi) is 5.00. The maximum absolute atomic E-state index is 13.1. The second-order valence-corrected chi connectivity index (χ2v) is 6.51. The first-order valence-corrected chi connectivity index (χ1v) is 8.57. The summed E-state index contributed by atoms with van der Waals surface area (Å²) in [5.41, 5.74) is 4.41. The average molecular weight is 352 g/mol. The van der Waals surface area contributed by atoms with Gasteiger partial charge in [-0.05, 0) is 42.7 Å². The van der Waals surface area contributed by atoms with E-state index in [0.717, 1.165) is 33.3 Å². The molecule has 3 rings (SSSR count). The monoisotopic (exact) mass is 352 g/mol. The Labute approximate surface area is 153 Å². The van der Waals surface area contributed by atoms with E-state index in [1.807, 2.05) is 56.3 Å². The number of carbonyl (C=O) groups is 1. The minimum absolute atomic E-state index is 0.145. The van der Waals surface area contributed by atoms with Crippen LogP contribution in [-0.2, 0) is 0 Å². The lowest BCUT2D eigenvalue weighted by Crippen LogP contribution is -2.33. The molecule has 1 atom stereocenters. The van der Waals surface area contributed by atoms with Crippen molar-refractivity contribution in [1.29, 1.82) is 0 Å². The zero-order valence-corrected chi connectivity index (χ0v) is 15.5. The molecular weight excluding hydrogens is 328 g/mol. The van der Waals surface area contributed by atoms with E-state index in [1.165, 1.54) is 0 Å². The first-order valence-electron chi connectivity index (χ1n) is 8.57. The lowest BCUT2D eigenvalue weighted by Gasteiger charge is -2.27. The van der Waals surface area contributed by atoms with Gasteiger partial charge in [0.15, 0.2) is 0 Å². The molecule has 0 aliphatic carbocycles. The summed E-state index contributed by atoms with van der Waals surface area (Å²) in [6.07, 6.45) is 0. The Morgan fingerprint density at radius 3 is 2.46 bits per heavy atom. The van der Waals surface area contributed by atoms with Crippen LogP contribution in [0.1, 0.15) is 33.2 Å². The molecule has 0 aliphatic heterocycles. The zero-order valence-electron chi connectivity index (χ0n) is 15.5. The summed E-state index contributed by atoms with van der Waals surface area (Å²) >= 11 is 0. The normalized spacial score (nSPS) is 12.2. The number of aromatic amines is 1. The molecule has 0 spiro atoms. The van der Waals surface area contributed by atoms with Crippen molar-refractivity contribution in [2.24, 2.45) is 0 Å². The number of aromatic nitrogens is 1. The first-order chi connectivity index (χ1) is 12.5. The van der Waals surface area contributed by atoms with Gasteiger partial charge in [0.1, 0.15) is 11.4 Å². The minimum Gasteiger partial charge on any atom is -0.497 e. The van der Waals surface area contributed by atoms with Gasteiger partial charge in [-0.3, -0.25) is 4.79 Å². The number of rotatable bonds is 5. The highest BCUT2D eigenvalue weighted by atomic mass is 16.5. The van der Waals surface area contributed by atoms with Crippen molar-refractivity contribution in [1.82, 2.24) is 9.88 Å². The van der Waals surface area contributed by atoms with Crippen molar-refractivity contribution in [2.45, 2.75) is 19.9 Å². The standard InChI is InChI=1S/C21H24N2O3/c1-13-6-5-7-17-14(2)20(22-19(13)17)21(25)23(3)18(12-24)15-8-10-16(26-4)11-9-15/h5-11,18,22,24H,12H2,1-4H3. The molecule has 0 radical (unpaired) electrons. The summed E-state index contributed by atoms with van der Waals surface area (Å²) in [5, 5.41) is 10.9. The van der Waals surface area contributed by atoms with E-state index >= 15 is 0 Å². The van der Waals surface area contributed by atoms with E-state index in [9.17, 15) is 9.90 Å². The molecule has 0 saturated carbocycles. The fourth-order valence-corrected chi connectivity index (χ4v) is 3.31. The van der Waals surface area contributed by atoms with Gasteiger partial charge in [0.2, 0.25) is 0 Å². The van der Waals surface area contributed by atoms with E-state index in [1.54, 1.807) is 19.1 Å². The summed E-state index contributed by atoms with van der Waals surface area (Å²) in [7, 11) is 3.32. The number of benzene rings is 2. The Morgan fingerprint density at radius 1 is 1.19 bits per heavy atom. The number of nitrogens with zero attached hydrogens (tertiary/aromatic N) is 1. The molecule has 1 amide bonds. The number of likely N-dealkylation sites (N-methyl/N-ethyl adjacent to an activating group) is 1. The van der Waals surface area contributed by atoms with Crippen LogP contribution in [-0.4, -0.2) is 41.7 Å². The van der Waals surface area contributed by atoms with E-state index in [-0.39, 0.29) is 12.5 Å². The number of hydrogen-bond acceptors (Lipinski definition) is 3. The molecule has 26 heavy (non-hydrogen) atoms. The number of nitrogens with one attached hydrogen (secondary N) is 1. The van der Waals surface area contributed by atoms with Gasteiger partial charge in [0.05, 0.1) is 19.8 Å². The Bertz CT molecular complexity index is 928. The highest BCUT2D eigenvalue weighted by Crippen LogP contribution is 2.28. The van der Waals surface area contributed by atoms with E-state index in [0.29, 0.717) is 5.69 Å². The molecule has 136 valence electrons. The number of aryl methyl sites for hydroxylation is 2. The van der Waals surface area contributed by atoms with Gasteiger partial charge in [-0.25, -0.2) is 0 Å². The van der Waals surface area contributed by atoms with Crippen molar-refractivity contribution < 1.29 is 14.6 Å². The van der Waals surface area contributed by atoms with Gasteiger partial charge in [0.25, 0.3) is 5.91 Å². The second-order valence-electron chi connectivity index (χ2n) is 6.51. The molecule has 2 N–H and O–H groups in total. The molecule has 0 saturated heterocycles. The molecule has 5 heteroatoms. The Balaban J connectivity index is 1.95. The van der Waals surface area contributed by atoms with E-state index < -0.39 is 6.04 Å². The van der Waals surface area contributed by atoms with Crippen LogP contribution in [0.3, 0.4) is 0 Å². The molecule has 1 unspecified atom stereocenters. The van der Waals surface area contributed by atoms with Crippen LogP contribution < -0.4 is 4.74 Å². The maximum atomic E-state index is 13.1. The van der Waals surface area contributed by atoms with E-state index in [4.69, 9.17) is 4.74 Å². The number of amides is 1. The van der Waals surface area contributed by atoms with Crippen LogP contribution in [0.15, 0.2) is 42.5 Å². The molecule has 3 aromatic rings. The number of methoxy groups -OCH3 is 1. The Hall–Kier alpha value is -2.79. The third kappa shape index (κ3) is 3.06. The average Bonchev–Trinajstić information content (AvgIpc) is 3.00. The lowest BCUT2D eigenvalue weighted by molar-refractivity contribution is 0.0653. The van der Waals surface area contributed by atoms with E-state index in [2.05, 4.69) is 4.98 Å². The largest absolute Gasteiger partial charge is 0.497 e. The molecular formula is C21H24N2O3. The number of carbonyl (C=O) groups excluding carboxylic acids is 1. The van der Waals surface area contributed by atoms with Crippen LogP contribution >= 0.6 is 0 Å². The number of H-pyrrole nitrogens is 1. The molecule has 0 aliphatic rings. The van der Waals surface area contributed by atoms with Gasteiger partial charge >= 0.3 is 0 Å². The first kappa shape index (κ1) is 18.0. The molecule has 1 aromatic heterocycles. The van der Waals surface area contributed by atoms with Gasteiger partial charge in [-0.2, -0.15) is 0 Å². The highest BCUT2D eigenvalue weighted by Gasteiger charge is 2.25. The van der Waals surface area contributed by atoms with Crippen molar-refractivity contribution >= 4 is 16.8 Å². The molecule has 0 bridgehead atoms. The maximum Gasteiger partial charge on any atom is 0.270 e. The minimum atomic E-state index is -0.430. The zero-order chi connectivity index (χ0) is 18.8. The molecule has 1 heterocycles. The summed E-state index contributed by atoms with van der Waals surface area (Å²) in [6.45, 7) is 3.80. The SMILES string of the molecule is COc1ccc(C(CO)N(C)C(=O)c2[nH]c3c(C)cccc3c2C)cc1. The van der Waals surface area contributed by atoms with Crippen molar-refractivity contribution in [3.8, 4) is 5.75 Å². The van der Waals surface area contributed by atoms with Gasteiger partial charge < -0.3 is 19.7 Å². The number of ether oxygens (including phenoxy) is 1. The predicted octanol–water partition coefficient (Wildman–Crippen LogP) is 3.60. The smallest absolute Gasteiger partial charge is 0.270 e. The number of hydrogen-bond donors (Lipinski definition) is 2. The van der Waals surface area contributed by atoms with Crippen molar-refractivity contribution in [3.63, 3.8) is 0 Å². The summed E-state index contributed by atoms with van der Waals surface area (Å²) in [5.74, 6) is 0.592. The number of aliphatic hydroxyl groups excluding tert-OH is 1. The van der Waals surface area contributed by atoms with Crippen LogP contribution in [0.4, 0.5) is 0 Å². The molecule has 5 nitrogen and oxygen atoms in total. The third-order valence-corrected chi connectivity index (χ3v) is 4.98. The van der Waals surface area contributed by atoms with Gasteiger partial charge in [0, 0.05) is 18.0 Å². The van der Waals surface area contributed by atoms with Crippen LogP contribution in [0, 0.1) is 13.8 Å². The number of fused-ring (bicyclic) bond motifs is 1. The predicted molar refractivity (Wildman–Crippen MR) is 103 cm³/mol. The fraction of sp³-hybridized carbons (Fsp3) is 0.286. The summed E-state index contributed by atoms with van der Waals surface area (Å²) in [6, 6.07) is 13.0.